The van der Waals surface area contributed by atoms with Crippen LogP contribution < -0.4 is 0 Å². The maximum atomic E-state index is 5.33. The van der Waals surface area contributed by atoms with Gasteiger partial charge in [-0.15, -0.1) is 11.3 Å². The normalized spacial score (nSPS) is 12.1. The van der Waals surface area contributed by atoms with Gasteiger partial charge in [-0.25, -0.2) is 9.97 Å². The summed E-state index contributed by atoms with van der Waals surface area (Å²) in [6.45, 7) is 0. The molecule has 0 aliphatic rings. The minimum Gasteiger partial charge on any atom is -0.309 e. The van der Waals surface area contributed by atoms with Crippen LogP contribution in [-0.2, 0) is 0 Å². The maximum Gasteiger partial charge on any atom is 0.160 e. The molecule has 4 heterocycles. The van der Waals surface area contributed by atoms with Crippen LogP contribution in [0.4, 0.5) is 0 Å². The summed E-state index contributed by atoms with van der Waals surface area (Å²) < 4.78 is 7.18. The van der Waals surface area contributed by atoms with E-state index in [0.29, 0.717) is 0 Å². The van der Waals surface area contributed by atoms with Crippen molar-refractivity contribution in [2.24, 2.45) is 0 Å². The molecule has 0 bridgehead atoms. The van der Waals surface area contributed by atoms with Crippen LogP contribution in [0.1, 0.15) is 0 Å². The number of para-hydroxylation sites is 3. The highest BCUT2D eigenvalue weighted by molar-refractivity contribution is 7.26. The van der Waals surface area contributed by atoms with Crippen molar-refractivity contribution in [2.45, 2.75) is 0 Å². The zero-order valence-corrected chi connectivity index (χ0v) is 32.5. The molecule has 59 heavy (non-hydrogen) atoms. The predicted molar refractivity (Wildman–Crippen MR) is 249 cm³/mol. The lowest BCUT2D eigenvalue weighted by Gasteiger charge is -2.13. The van der Waals surface area contributed by atoms with Crippen LogP contribution in [0.15, 0.2) is 194 Å². The van der Waals surface area contributed by atoms with Crippen molar-refractivity contribution in [3.8, 4) is 34.0 Å². The Labute approximate surface area is 342 Å². The molecule has 0 radical (unpaired) electrons. The molecular weight excluding hydrogens is 737 g/mol. The van der Waals surface area contributed by atoms with E-state index in [0.717, 1.165) is 55.1 Å². The first-order valence-corrected chi connectivity index (χ1v) is 20.8. The lowest BCUT2D eigenvalue weighted by atomic mass is 9.96. The minimum absolute atomic E-state index is 0.718. The molecule has 13 aromatic rings. The Morgan fingerprint density at radius 2 is 1.02 bits per heavy atom. The van der Waals surface area contributed by atoms with Gasteiger partial charge in [0.05, 0.1) is 38.0 Å². The fourth-order valence-electron chi connectivity index (χ4n) is 9.57. The molecule has 4 nitrogen and oxygen atoms in total. The first-order valence-electron chi connectivity index (χ1n) is 20.0. The lowest BCUT2D eigenvalue weighted by Crippen LogP contribution is -1.97. The van der Waals surface area contributed by atoms with E-state index < -0.39 is 0 Å². The first kappa shape index (κ1) is 32.5. The average molecular weight is 769 g/mol. The van der Waals surface area contributed by atoms with Crippen molar-refractivity contribution in [1.29, 1.82) is 0 Å². The van der Waals surface area contributed by atoms with Crippen molar-refractivity contribution in [1.82, 2.24) is 19.1 Å². The molecule has 0 aliphatic carbocycles. The van der Waals surface area contributed by atoms with Gasteiger partial charge in [0.25, 0.3) is 0 Å². The molecule has 9 aromatic carbocycles. The van der Waals surface area contributed by atoms with Crippen LogP contribution in [-0.4, -0.2) is 19.1 Å². The Bertz CT molecular complexity index is 3840. The second kappa shape index (κ2) is 12.4. The second-order valence-electron chi connectivity index (χ2n) is 15.3. The van der Waals surface area contributed by atoms with Crippen LogP contribution in [0, 0.1) is 0 Å². The minimum atomic E-state index is 0.718. The summed E-state index contributed by atoms with van der Waals surface area (Å²) in [4.78, 5) is 10.7. The van der Waals surface area contributed by atoms with Crippen LogP contribution in [0.2, 0.25) is 0 Å². The number of aromatic nitrogens is 4. The van der Waals surface area contributed by atoms with Gasteiger partial charge in [0.15, 0.2) is 5.82 Å². The number of fused-ring (bicyclic) bond motifs is 14. The molecule has 5 heteroatoms. The fourth-order valence-corrected chi connectivity index (χ4v) is 10.7. The van der Waals surface area contributed by atoms with Crippen LogP contribution in [0.25, 0.3) is 119 Å². The highest BCUT2D eigenvalue weighted by Crippen LogP contribution is 2.44. The van der Waals surface area contributed by atoms with Crippen molar-refractivity contribution in [2.75, 3.05) is 0 Å². The number of hydrogen-bond acceptors (Lipinski definition) is 3. The average Bonchev–Trinajstić information content (AvgIpc) is 3.97. The van der Waals surface area contributed by atoms with E-state index in [2.05, 4.69) is 203 Å². The van der Waals surface area contributed by atoms with Crippen molar-refractivity contribution < 1.29 is 0 Å². The van der Waals surface area contributed by atoms with Gasteiger partial charge in [0.2, 0.25) is 0 Å². The molecule has 0 amide bonds. The molecule has 0 atom stereocenters. The molecule has 0 N–H and O–H groups in total. The zero-order chi connectivity index (χ0) is 38.6. The molecule has 0 saturated carbocycles. The third kappa shape index (κ3) is 4.71. The summed E-state index contributed by atoms with van der Waals surface area (Å²) in [7, 11) is 0. The summed E-state index contributed by atoms with van der Waals surface area (Å²) in [5.41, 5.74) is 11.0. The van der Waals surface area contributed by atoms with Gasteiger partial charge >= 0.3 is 0 Å². The molecule has 0 aliphatic heterocycles. The van der Waals surface area contributed by atoms with Crippen LogP contribution in [0.5, 0.6) is 0 Å². The zero-order valence-electron chi connectivity index (χ0n) is 31.7. The summed E-state index contributed by atoms with van der Waals surface area (Å²) in [6.07, 6.45) is 0. The van der Waals surface area contributed by atoms with E-state index in [1.165, 1.54) is 64.3 Å². The molecular formula is C54H32N4S. The van der Waals surface area contributed by atoms with Gasteiger partial charge in [-0.1, -0.05) is 146 Å². The fraction of sp³-hybridized carbons (Fsp3) is 0. The Morgan fingerprint density at radius 1 is 0.390 bits per heavy atom. The number of nitrogens with zero attached hydrogens (tertiary/aromatic N) is 4. The molecule has 0 spiro atoms. The Balaban J connectivity index is 1.09. The third-order valence-corrected chi connectivity index (χ3v) is 13.3. The number of thiophene rings is 1. The Morgan fingerprint density at radius 3 is 1.86 bits per heavy atom. The molecule has 0 saturated heterocycles. The van der Waals surface area contributed by atoms with Gasteiger partial charge in [0, 0.05) is 59.5 Å². The van der Waals surface area contributed by atoms with E-state index in [-0.39, 0.29) is 0 Å². The maximum absolute atomic E-state index is 5.33. The van der Waals surface area contributed by atoms with E-state index in [1.807, 2.05) is 0 Å². The quantitative estimate of drug-likeness (QED) is 0.167. The van der Waals surface area contributed by atoms with Gasteiger partial charge in [-0.3, -0.25) is 0 Å². The smallest absolute Gasteiger partial charge is 0.160 e. The highest BCUT2D eigenvalue weighted by atomic mass is 32.1. The summed E-state index contributed by atoms with van der Waals surface area (Å²) in [5, 5.41) is 11.1. The first-order chi connectivity index (χ1) is 29.3. The van der Waals surface area contributed by atoms with Gasteiger partial charge in [0.1, 0.15) is 0 Å². The molecule has 13 rings (SSSR count). The SMILES string of the molecule is c1ccc(-c2nc(-c3cccc(-n4c5ccccc5c5ccc6c(ccc7ccc8c(c9ccccc9n8-c8ccccc8)c76)c54)c3)nc3c2sc2ccccc23)cc1. The Hall–Kier alpha value is -7.60. The van der Waals surface area contributed by atoms with Gasteiger partial charge in [-0.2, -0.15) is 0 Å². The van der Waals surface area contributed by atoms with E-state index in [9.17, 15) is 0 Å². The predicted octanol–water partition coefficient (Wildman–Crippen LogP) is 14.7. The summed E-state index contributed by atoms with van der Waals surface area (Å²) in [6, 6.07) is 70.1. The van der Waals surface area contributed by atoms with Gasteiger partial charge < -0.3 is 9.13 Å². The number of benzene rings is 9. The Kier molecular flexibility index (Phi) is 6.85. The van der Waals surface area contributed by atoms with Gasteiger partial charge in [-0.05, 0) is 64.7 Å². The van der Waals surface area contributed by atoms with E-state index >= 15 is 0 Å². The van der Waals surface area contributed by atoms with E-state index in [4.69, 9.17) is 9.97 Å². The summed E-state index contributed by atoms with van der Waals surface area (Å²) in [5.74, 6) is 0.718. The third-order valence-electron chi connectivity index (χ3n) is 12.1. The van der Waals surface area contributed by atoms with Crippen molar-refractivity contribution in [3.63, 3.8) is 0 Å². The van der Waals surface area contributed by atoms with Crippen molar-refractivity contribution >= 4 is 96.8 Å². The molecule has 0 fully saturated rings. The van der Waals surface area contributed by atoms with Crippen LogP contribution >= 0.6 is 11.3 Å². The topological polar surface area (TPSA) is 35.6 Å². The lowest BCUT2D eigenvalue weighted by molar-refractivity contribution is 1.18. The van der Waals surface area contributed by atoms with E-state index in [1.54, 1.807) is 11.3 Å². The number of rotatable bonds is 4. The summed E-state index contributed by atoms with van der Waals surface area (Å²) >= 11 is 1.76. The number of hydrogen-bond donors (Lipinski definition) is 0. The largest absolute Gasteiger partial charge is 0.309 e. The monoisotopic (exact) mass is 768 g/mol. The standard InChI is InChI=1S/C54H32N4S/c1-3-14-34(15-4-1)50-53-51(43-22-9-12-25-47(43)59-53)56-54(55-50)35-16-13-19-37(32-35)58-44-23-10-7-20-38(44)40-30-29-39-41(52(40)58)28-26-33-27-31-46-49(48(33)39)42-21-8-11-24-45(42)57(46)36-17-5-2-6-18-36/h1-32H. The highest BCUT2D eigenvalue weighted by Gasteiger charge is 2.21. The molecule has 4 aromatic heterocycles. The molecule has 0 unspecified atom stereocenters. The van der Waals surface area contributed by atoms with Crippen molar-refractivity contribution in [3.05, 3.63) is 194 Å². The second-order valence-corrected chi connectivity index (χ2v) is 16.4. The molecule has 274 valence electrons. The van der Waals surface area contributed by atoms with Crippen LogP contribution in [0.3, 0.4) is 0 Å².